The topological polar surface area (TPSA) is 138 Å². The molecule has 2 aliphatic rings. The lowest BCUT2D eigenvalue weighted by Gasteiger charge is -2.41. The van der Waals surface area contributed by atoms with Gasteiger partial charge in [-0.2, -0.15) is 0 Å². The largest absolute Gasteiger partial charge is 0.478 e. The molecule has 2 heterocycles. The van der Waals surface area contributed by atoms with Crippen molar-refractivity contribution < 1.29 is 35.9 Å². The summed E-state index contributed by atoms with van der Waals surface area (Å²) in [4.78, 5) is 24.5. The predicted molar refractivity (Wildman–Crippen MR) is 152 cm³/mol. The molecule has 214 valence electrons. The number of anilines is 2. The summed E-state index contributed by atoms with van der Waals surface area (Å²) >= 11 is 0. The third-order valence-electron chi connectivity index (χ3n) is 7.80. The van der Waals surface area contributed by atoms with Crippen molar-refractivity contribution in [3.63, 3.8) is 0 Å². The number of carboxylic acids is 1. The van der Waals surface area contributed by atoms with Gasteiger partial charge in [-0.25, -0.2) is 26.0 Å². The van der Waals surface area contributed by atoms with Gasteiger partial charge in [-0.05, 0) is 85.5 Å². The Labute approximate surface area is 237 Å². The first-order chi connectivity index (χ1) is 19.4. The van der Waals surface area contributed by atoms with Gasteiger partial charge in [0.05, 0.1) is 33.7 Å². The van der Waals surface area contributed by atoms with Crippen molar-refractivity contribution >= 4 is 43.1 Å². The Morgan fingerprint density at radius 2 is 1.73 bits per heavy atom. The zero-order chi connectivity index (χ0) is 29.6. The highest BCUT2D eigenvalue weighted by Crippen LogP contribution is 2.54. The van der Waals surface area contributed by atoms with Crippen molar-refractivity contribution in [2.75, 3.05) is 21.1 Å². The van der Waals surface area contributed by atoms with E-state index in [1.54, 1.807) is 18.2 Å². The molecule has 1 atom stereocenters. The minimum absolute atomic E-state index is 0.00645. The zero-order valence-corrected chi connectivity index (χ0v) is 23.4. The summed E-state index contributed by atoms with van der Waals surface area (Å²) in [6, 6.07) is 14.1. The summed E-state index contributed by atoms with van der Waals surface area (Å²) < 4.78 is 67.9. The summed E-state index contributed by atoms with van der Waals surface area (Å²) in [5.74, 6) is -2.59. The van der Waals surface area contributed by atoms with Gasteiger partial charge < -0.3 is 10.4 Å². The molecule has 3 aromatic carbocycles. The molecule has 0 aromatic heterocycles. The fourth-order valence-corrected chi connectivity index (χ4v) is 9.08. The van der Waals surface area contributed by atoms with Gasteiger partial charge in [0.25, 0.3) is 15.9 Å². The molecule has 1 unspecified atom stereocenters. The molecule has 0 saturated carbocycles. The maximum absolute atomic E-state index is 14.0. The first kappa shape index (κ1) is 28.5. The van der Waals surface area contributed by atoms with Gasteiger partial charge in [-0.1, -0.05) is 12.1 Å². The number of nitrogens with zero attached hydrogens (tertiary/aromatic N) is 1. The predicted octanol–water partition coefficient (Wildman–Crippen LogP) is 4.38. The lowest BCUT2D eigenvalue weighted by molar-refractivity contribution is 0.0696. The van der Waals surface area contributed by atoms with E-state index in [9.17, 15) is 35.9 Å². The van der Waals surface area contributed by atoms with Gasteiger partial charge in [0.15, 0.2) is 0 Å². The third kappa shape index (κ3) is 5.13. The van der Waals surface area contributed by atoms with Crippen molar-refractivity contribution in [2.45, 2.75) is 35.6 Å². The van der Waals surface area contributed by atoms with Crippen LogP contribution in [0.2, 0.25) is 0 Å². The quantitative estimate of drug-likeness (QED) is 0.385. The number of amides is 1. The Bertz CT molecular complexity index is 1760. The molecule has 12 heteroatoms. The molecule has 0 radical (unpaired) electrons. The first-order valence-electron chi connectivity index (χ1n) is 12.8. The second-order valence-corrected chi connectivity index (χ2v) is 14.3. The van der Waals surface area contributed by atoms with Crippen LogP contribution in [0.4, 0.5) is 15.8 Å². The molecule has 41 heavy (non-hydrogen) atoms. The van der Waals surface area contributed by atoms with Crippen LogP contribution >= 0.6 is 0 Å². The highest BCUT2D eigenvalue weighted by atomic mass is 32.2. The van der Waals surface area contributed by atoms with E-state index in [1.165, 1.54) is 46.8 Å². The average molecular weight is 599 g/mol. The van der Waals surface area contributed by atoms with Crippen LogP contribution in [0.1, 0.15) is 45.5 Å². The summed E-state index contributed by atoms with van der Waals surface area (Å²) in [7, 11) is -7.56. The Morgan fingerprint density at radius 1 is 1.05 bits per heavy atom. The van der Waals surface area contributed by atoms with E-state index in [1.807, 2.05) is 0 Å². The van der Waals surface area contributed by atoms with Crippen LogP contribution in [0.3, 0.4) is 0 Å². The third-order valence-corrected chi connectivity index (χ3v) is 11.3. The molecule has 0 bridgehead atoms. The highest BCUT2D eigenvalue weighted by Gasteiger charge is 2.56. The fraction of sp³-hybridized carbons (Fsp3) is 0.241. The lowest BCUT2D eigenvalue weighted by Crippen LogP contribution is -2.50. The molecule has 1 spiro atoms. The van der Waals surface area contributed by atoms with Gasteiger partial charge in [-0.15, -0.1) is 6.58 Å². The lowest BCUT2D eigenvalue weighted by atomic mass is 9.71. The maximum atomic E-state index is 14.0. The molecule has 1 amide bonds. The number of benzene rings is 3. The van der Waals surface area contributed by atoms with Crippen LogP contribution in [-0.4, -0.2) is 51.4 Å². The number of fused-ring (bicyclic) bond motifs is 2. The van der Waals surface area contributed by atoms with Crippen molar-refractivity contribution in [1.29, 1.82) is 0 Å². The van der Waals surface area contributed by atoms with Crippen molar-refractivity contribution in [2.24, 2.45) is 0 Å². The summed E-state index contributed by atoms with van der Waals surface area (Å²) in [6.45, 7) is 3.81. The first-order valence-corrected chi connectivity index (χ1v) is 16.0. The number of sulfonamides is 1. The fourth-order valence-electron chi connectivity index (χ4n) is 5.77. The number of hydrogen-bond donors (Lipinski definition) is 2. The molecular weight excluding hydrogens is 571 g/mol. The SMILES string of the molecule is C=CCC1N(S(=O)(=O)c2ccc(F)cc2)c2ccc(C(=O)Nc3cccc(C(=O)O)c3)cc2C12CCS(=O)(=O)CC2. The molecular formula is C29H27FN2O7S2. The van der Waals surface area contributed by atoms with Gasteiger partial charge >= 0.3 is 5.97 Å². The Hall–Kier alpha value is -4.03. The van der Waals surface area contributed by atoms with Crippen molar-refractivity contribution in [1.82, 2.24) is 0 Å². The number of nitrogens with one attached hydrogen (secondary N) is 1. The summed E-state index contributed by atoms with van der Waals surface area (Å²) in [6.07, 6.45) is 2.07. The number of halogens is 1. The van der Waals surface area contributed by atoms with E-state index in [0.717, 1.165) is 12.1 Å². The summed E-state index contributed by atoms with van der Waals surface area (Å²) in [5.41, 5.74) is 0.353. The van der Waals surface area contributed by atoms with Crippen LogP contribution in [0, 0.1) is 5.82 Å². The second kappa shape index (κ2) is 10.4. The number of carboxylic acid groups (broad SMARTS) is 1. The monoisotopic (exact) mass is 598 g/mol. The molecule has 2 aliphatic heterocycles. The molecule has 1 saturated heterocycles. The standard InChI is InChI=1S/C29H27FN2O7S2/c1-2-4-26-29(13-15-40(36,37)16-14-29)24-18-19(27(33)31-22-6-3-5-20(17-22)28(34)35)7-12-25(24)32(26)41(38,39)23-10-8-21(30)9-11-23/h2-3,5-12,17-18,26H,1,4,13-16H2,(H,31,33)(H,34,35). The van der Waals surface area contributed by atoms with Crippen LogP contribution < -0.4 is 9.62 Å². The van der Waals surface area contributed by atoms with Gasteiger partial charge in [0, 0.05) is 16.7 Å². The number of rotatable bonds is 7. The van der Waals surface area contributed by atoms with Crippen molar-refractivity contribution in [3.8, 4) is 0 Å². The normalized spacial score (nSPS) is 19.0. The Kier molecular flexibility index (Phi) is 7.24. The van der Waals surface area contributed by atoms with E-state index >= 15 is 0 Å². The number of carbonyl (C=O) groups is 2. The van der Waals surface area contributed by atoms with E-state index in [0.29, 0.717) is 11.3 Å². The van der Waals surface area contributed by atoms with Crippen LogP contribution in [0.25, 0.3) is 0 Å². The molecule has 3 aromatic rings. The molecule has 5 rings (SSSR count). The summed E-state index contributed by atoms with van der Waals surface area (Å²) in [5, 5.41) is 11.9. The molecule has 2 N–H and O–H groups in total. The number of aromatic carboxylic acids is 1. The van der Waals surface area contributed by atoms with Gasteiger partial charge in [0.2, 0.25) is 0 Å². The van der Waals surface area contributed by atoms with Crippen LogP contribution in [-0.2, 0) is 25.3 Å². The highest BCUT2D eigenvalue weighted by molar-refractivity contribution is 7.93. The Balaban J connectivity index is 1.62. The molecule has 1 fully saturated rings. The smallest absolute Gasteiger partial charge is 0.335 e. The minimum atomic E-state index is -4.23. The van der Waals surface area contributed by atoms with E-state index in [2.05, 4.69) is 11.9 Å². The van der Waals surface area contributed by atoms with Gasteiger partial charge in [-0.3, -0.25) is 9.10 Å². The number of carbonyl (C=O) groups excluding carboxylic acids is 1. The van der Waals surface area contributed by atoms with Crippen LogP contribution in [0.15, 0.2) is 84.3 Å². The second-order valence-electron chi connectivity index (χ2n) is 10.2. The zero-order valence-electron chi connectivity index (χ0n) is 21.8. The maximum Gasteiger partial charge on any atom is 0.335 e. The number of hydrogen-bond acceptors (Lipinski definition) is 6. The van der Waals surface area contributed by atoms with Crippen molar-refractivity contribution in [3.05, 3.63) is 102 Å². The Morgan fingerprint density at radius 3 is 2.37 bits per heavy atom. The van der Waals surface area contributed by atoms with E-state index in [-0.39, 0.29) is 52.5 Å². The van der Waals surface area contributed by atoms with Gasteiger partial charge in [0.1, 0.15) is 15.7 Å². The van der Waals surface area contributed by atoms with E-state index < -0.39 is 49.0 Å². The average Bonchev–Trinajstić information content (AvgIpc) is 3.20. The van der Waals surface area contributed by atoms with Crippen LogP contribution in [0.5, 0.6) is 0 Å². The molecule has 9 nitrogen and oxygen atoms in total. The number of sulfone groups is 1. The molecule has 0 aliphatic carbocycles. The minimum Gasteiger partial charge on any atom is -0.478 e. The van der Waals surface area contributed by atoms with E-state index in [4.69, 9.17) is 0 Å².